The average Bonchev–Trinajstić information content (AvgIpc) is 2.99. The van der Waals surface area contributed by atoms with Crippen molar-refractivity contribution in [2.45, 2.75) is 12.1 Å². The van der Waals surface area contributed by atoms with Gasteiger partial charge in [-0.15, -0.1) is 0 Å². The maximum Gasteiger partial charge on any atom is 0.171 e. The number of benzene rings is 2. The molecule has 0 saturated carbocycles. The van der Waals surface area contributed by atoms with Crippen LogP contribution < -0.4 is 4.74 Å². The number of H-pyrrole nitrogens is 1. The van der Waals surface area contributed by atoms with Gasteiger partial charge in [0.05, 0.1) is 22.5 Å². The van der Waals surface area contributed by atoms with Gasteiger partial charge < -0.3 is 9.72 Å². The molecule has 0 aliphatic carbocycles. The molecule has 4 nitrogen and oxygen atoms in total. The van der Waals surface area contributed by atoms with Gasteiger partial charge in [0.25, 0.3) is 0 Å². The molecule has 1 heterocycles. The fourth-order valence-corrected chi connectivity index (χ4v) is 3.15. The number of halogens is 1. The molecule has 0 unspecified atom stereocenters. The topological polar surface area (TPSA) is 61.7 Å². The molecule has 0 aliphatic rings. The number of nitrogens with one attached hydrogen (secondary N) is 1. The zero-order valence-corrected chi connectivity index (χ0v) is 14.5. The number of aromatic amines is 1. The summed E-state index contributed by atoms with van der Waals surface area (Å²) >= 11 is 7.34. The predicted molar refractivity (Wildman–Crippen MR) is 98.2 cm³/mol. The molecule has 0 spiro atoms. The van der Waals surface area contributed by atoms with Crippen molar-refractivity contribution in [1.82, 2.24) is 9.97 Å². The Morgan fingerprint density at radius 2 is 2.21 bits per heavy atom. The second kappa shape index (κ2) is 7.43. The third kappa shape index (κ3) is 3.73. The minimum atomic E-state index is 0.497. The highest BCUT2D eigenvalue weighted by Gasteiger charge is 2.09. The highest BCUT2D eigenvalue weighted by atomic mass is 35.5. The summed E-state index contributed by atoms with van der Waals surface area (Å²) in [4.78, 5) is 8.17. The number of hydrogen-bond acceptors (Lipinski definition) is 4. The lowest BCUT2D eigenvalue weighted by atomic mass is 10.2. The standard InChI is InChI=1S/C18H14ClN3OS/c1-2-23-17-8-7-13(19)9-12(17)10-14(11-20)24-18-21-15-5-3-4-6-16(15)22-18/h3-10H,2H2,1H3,(H,21,22)/b14-10+. The van der Waals surface area contributed by atoms with Crippen LogP contribution in [0.3, 0.4) is 0 Å². The van der Waals surface area contributed by atoms with E-state index in [0.29, 0.717) is 27.4 Å². The molecule has 2 aromatic carbocycles. The van der Waals surface area contributed by atoms with Crippen molar-refractivity contribution in [3.05, 3.63) is 58.0 Å². The molecule has 1 N–H and O–H groups in total. The number of nitrogens with zero attached hydrogens (tertiary/aromatic N) is 2. The molecule has 1 aromatic heterocycles. The van der Waals surface area contributed by atoms with Gasteiger partial charge in [-0.3, -0.25) is 0 Å². The van der Waals surface area contributed by atoms with Gasteiger partial charge in [0, 0.05) is 10.6 Å². The van der Waals surface area contributed by atoms with Crippen LogP contribution in [0.1, 0.15) is 12.5 Å². The fourth-order valence-electron chi connectivity index (χ4n) is 2.23. The van der Waals surface area contributed by atoms with Crippen LogP contribution in [0.2, 0.25) is 5.02 Å². The van der Waals surface area contributed by atoms with Crippen LogP contribution in [0.5, 0.6) is 5.75 Å². The van der Waals surface area contributed by atoms with Gasteiger partial charge >= 0.3 is 0 Å². The lowest BCUT2D eigenvalue weighted by Crippen LogP contribution is -1.94. The van der Waals surface area contributed by atoms with E-state index >= 15 is 0 Å². The average molecular weight is 356 g/mol. The second-order valence-electron chi connectivity index (χ2n) is 4.90. The Bertz CT molecular complexity index is 910. The molecule has 3 aromatic rings. The third-order valence-electron chi connectivity index (χ3n) is 3.24. The Hall–Kier alpha value is -2.42. The quantitative estimate of drug-likeness (QED) is 0.500. The van der Waals surface area contributed by atoms with Crippen LogP contribution in [0, 0.1) is 11.3 Å². The van der Waals surface area contributed by atoms with Crippen molar-refractivity contribution in [1.29, 1.82) is 5.26 Å². The van der Waals surface area contributed by atoms with Crippen LogP contribution in [-0.4, -0.2) is 16.6 Å². The SMILES string of the molecule is CCOc1ccc(Cl)cc1/C=C(\C#N)Sc1nc2ccccc2[nH]1. The van der Waals surface area contributed by atoms with Gasteiger partial charge in [-0.2, -0.15) is 5.26 Å². The summed E-state index contributed by atoms with van der Waals surface area (Å²) in [5.41, 5.74) is 2.58. The van der Waals surface area contributed by atoms with E-state index in [1.54, 1.807) is 24.3 Å². The van der Waals surface area contributed by atoms with Crippen LogP contribution in [0.4, 0.5) is 0 Å². The summed E-state index contributed by atoms with van der Waals surface area (Å²) in [5.74, 6) is 0.694. The van der Waals surface area contributed by atoms with Crippen LogP contribution in [-0.2, 0) is 0 Å². The first-order valence-electron chi connectivity index (χ1n) is 7.36. The predicted octanol–water partition coefficient (Wildman–Crippen LogP) is 5.27. The molecule has 6 heteroatoms. The Morgan fingerprint density at radius 1 is 1.38 bits per heavy atom. The van der Waals surface area contributed by atoms with Crippen LogP contribution in [0.15, 0.2) is 52.5 Å². The number of para-hydroxylation sites is 2. The second-order valence-corrected chi connectivity index (χ2v) is 6.36. The minimum Gasteiger partial charge on any atom is -0.493 e. The number of nitriles is 1. The van der Waals surface area contributed by atoms with Crippen molar-refractivity contribution < 1.29 is 4.74 Å². The zero-order chi connectivity index (χ0) is 16.9. The molecule has 0 atom stereocenters. The van der Waals surface area contributed by atoms with Crippen molar-refractivity contribution >= 4 is 40.5 Å². The number of hydrogen-bond donors (Lipinski definition) is 1. The number of rotatable bonds is 5. The lowest BCUT2D eigenvalue weighted by molar-refractivity contribution is 0.339. The summed E-state index contributed by atoms with van der Waals surface area (Å²) in [6.07, 6.45) is 1.76. The maximum absolute atomic E-state index is 9.46. The molecular formula is C18H14ClN3OS. The van der Waals surface area contributed by atoms with Gasteiger partial charge in [0.2, 0.25) is 0 Å². The first-order valence-corrected chi connectivity index (χ1v) is 8.56. The van der Waals surface area contributed by atoms with Crippen molar-refractivity contribution in [3.8, 4) is 11.8 Å². The van der Waals surface area contributed by atoms with Crippen molar-refractivity contribution in [2.24, 2.45) is 0 Å². The highest BCUT2D eigenvalue weighted by molar-refractivity contribution is 8.03. The molecule has 0 aliphatic heterocycles. The molecule has 24 heavy (non-hydrogen) atoms. The number of thioether (sulfide) groups is 1. The van der Waals surface area contributed by atoms with Crippen LogP contribution >= 0.6 is 23.4 Å². The number of imidazole rings is 1. The number of allylic oxidation sites excluding steroid dienone is 1. The maximum atomic E-state index is 9.46. The molecular weight excluding hydrogens is 342 g/mol. The number of aromatic nitrogens is 2. The normalized spacial score (nSPS) is 11.5. The summed E-state index contributed by atoms with van der Waals surface area (Å²) in [6.45, 7) is 2.46. The van der Waals surface area contributed by atoms with E-state index in [4.69, 9.17) is 16.3 Å². The Kier molecular flexibility index (Phi) is 5.09. The smallest absolute Gasteiger partial charge is 0.171 e. The van der Waals surface area contributed by atoms with E-state index in [9.17, 15) is 5.26 Å². The van der Waals surface area contributed by atoms with E-state index in [1.165, 1.54) is 11.8 Å². The molecule has 120 valence electrons. The fraction of sp³-hybridized carbons (Fsp3) is 0.111. The van der Waals surface area contributed by atoms with Crippen molar-refractivity contribution in [2.75, 3.05) is 6.61 Å². The lowest BCUT2D eigenvalue weighted by Gasteiger charge is -2.07. The zero-order valence-electron chi connectivity index (χ0n) is 12.9. The Labute approximate surface area is 149 Å². The Morgan fingerprint density at radius 3 is 2.96 bits per heavy atom. The Balaban J connectivity index is 1.92. The minimum absolute atomic E-state index is 0.497. The summed E-state index contributed by atoms with van der Waals surface area (Å²) < 4.78 is 5.59. The van der Waals surface area contributed by atoms with E-state index in [2.05, 4.69) is 16.0 Å². The van der Waals surface area contributed by atoms with Crippen molar-refractivity contribution in [3.63, 3.8) is 0 Å². The third-order valence-corrected chi connectivity index (χ3v) is 4.29. The number of fused-ring (bicyclic) bond motifs is 1. The highest BCUT2D eigenvalue weighted by Crippen LogP contribution is 2.31. The van der Waals surface area contributed by atoms with Gasteiger partial charge in [0.15, 0.2) is 5.16 Å². The molecule has 0 saturated heterocycles. The largest absolute Gasteiger partial charge is 0.493 e. The van der Waals surface area contributed by atoms with Gasteiger partial charge in [-0.05, 0) is 55.1 Å². The van der Waals surface area contributed by atoms with E-state index in [-0.39, 0.29) is 0 Å². The molecule has 0 amide bonds. The summed E-state index contributed by atoms with van der Waals surface area (Å²) in [5, 5.41) is 10.7. The molecule has 0 bridgehead atoms. The van der Waals surface area contributed by atoms with Gasteiger partial charge in [0.1, 0.15) is 11.8 Å². The monoisotopic (exact) mass is 355 g/mol. The van der Waals surface area contributed by atoms with E-state index in [1.807, 2.05) is 31.2 Å². The van der Waals surface area contributed by atoms with E-state index in [0.717, 1.165) is 16.6 Å². The molecule has 0 radical (unpaired) electrons. The molecule has 3 rings (SSSR count). The van der Waals surface area contributed by atoms with Crippen LogP contribution in [0.25, 0.3) is 17.1 Å². The van der Waals surface area contributed by atoms with Gasteiger partial charge in [-0.25, -0.2) is 4.98 Å². The van der Waals surface area contributed by atoms with E-state index < -0.39 is 0 Å². The summed E-state index contributed by atoms with van der Waals surface area (Å²) in [7, 11) is 0. The van der Waals surface area contributed by atoms with Gasteiger partial charge in [-0.1, -0.05) is 23.7 Å². The first kappa shape index (κ1) is 16.4. The first-order chi connectivity index (χ1) is 11.7. The number of ether oxygens (including phenoxy) is 1. The summed E-state index contributed by atoms with van der Waals surface area (Å²) in [6, 6.07) is 15.3. The molecule has 0 fully saturated rings.